The van der Waals surface area contributed by atoms with Crippen LogP contribution in [0.4, 0.5) is 11.4 Å². The van der Waals surface area contributed by atoms with Gasteiger partial charge in [0.2, 0.25) is 5.91 Å². The van der Waals surface area contributed by atoms with Gasteiger partial charge in [-0.15, -0.1) is 0 Å². The van der Waals surface area contributed by atoms with Crippen molar-refractivity contribution in [2.75, 3.05) is 5.32 Å². The first kappa shape index (κ1) is 19.3. The molecular weight excluding hydrogens is 336 g/mol. The van der Waals surface area contributed by atoms with Crippen LogP contribution in [0.1, 0.15) is 40.7 Å². The van der Waals surface area contributed by atoms with Gasteiger partial charge < -0.3 is 10.4 Å². The molecule has 0 saturated carbocycles. The number of nitro benzene ring substituents is 1. The molecule has 2 aromatic carbocycles. The monoisotopic (exact) mass is 356 g/mol. The number of benzene rings is 2. The summed E-state index contributed by atoms with van der Waals surface area (Å²) in [7, 11) is 0. The summed E-state index contributed by atoms with van der Waals surface area (Å²) in [6.07, 6.45) is 3.41. The lowest BCUT2D eigenvalue weighted by Crippen LogP contribution is -2.11. The van der Waals surface area contributed by atoms with Crippen molar-refractivity contribution in [3.8, 4) is 0 Å². The minimum Gasteiger partial charge on any atom is -0.391 e. The highest BCUT2D eigenvalue weighted by Gasteiger charge is 2.14. The molecule has 0 bridgehead atoms. The molecule has 0 unspecified atom stereocenters. The summed E-state index contributed by atoms with van der Waals surface area (Å²) in [6, 6.07) is 11.5. The fourth-order valence-electron chi connectivity index (χ4n) is 2.55. The van der Waals surface area contributed by atoms with Crippen LogP contribution < -0.4 is 5.32 Å². The molecule has 2 N–H and O–H groups in total. The van der Waals surface area contributed by atoms with Gasteiger partial charge in [-0.2, -0.15) is 0 Å². The predicted molar refractivity (Wildman–Crippen MR) is 97.0 cm³/mol. The fraction of sp³-hybridized carbons (Fsp3) is 0.263. The van der Waals surface area contributed by atoms with E-state index in [1.54, 1.807) is 12.1 Å². The second kappa shape index (κ2) is 9.43. The molecule has 0 radical (unpaired) electrons. The summed E-state index contributed by atoms with van der Waals surface area (Å²) in [5, 5.41) is 22.7. The van der Waals surface area contributed by atoms with Crippen LogP contribution >= 0.6 is 0 Å². The highest BCUT2D eigenvalue weighted by atomic mass is 16.6. The van der Waals surface area contributed by atoms with Gasteiger partial charge in [0, 0.05) is 23.7 Å². The maximum atomic E-state index is 12.0. The molecule has 0 aliphatic heterocycles. The molecule has 136 valence electrons. The number of aliphatic hydroxyl groups excluding tert-OH is 1. The predicted octanol–water partition coefficient (Wildman–Crippen LogP) is 3.25. The van der Waals surface area contributed by atoms with Crippen LogP contribution in [0, 0.1) is 10.1 Å². The first-order valence-corrected chi connectivity index (χ1v) is 8.25. The van der Waals surface area contributed by atoms with Crippen molar-refractivity contribution in [3.63, 3.8) is 0 Å². The number of rotatable bonds is 9. The Morgan fingerprint density at radius 3 is 2.50 bits per heavy atom. The number of aldehydes is 1. The summed E-state index contributed by atoms with van der Waals surface area (Å²) >= 11 is 0. The number of nitrogens with one attached hydrogen (secondary N) is 1. The number of nitrogens with zero attached hydrogens (tertiary/aromatic N) is 1. The minimum atomic E-state index is -0.586. The average molecular weight is 356 g/mol. The van der Waals surface area contributed by atoms with Crippen molar-refractivity contribution >= 4 is 23.6 Å². The van der Waals surface area contributed by atoms with Gasteiger partial charge in [0.05, 0.1) is 17.1 Å². The van der Waals surface area contributed by atoms with Crippen LogP contribution in [0.5, 0.6) is 0 Å². The Balaban J connectivity index is 1.80. The SMILES string of the molecule is O=Cc1ccc(CCCCC(=O)Nc2ccc(CO)c([N+](=O)[O-])c2)cc1. The number of anilines is 1. The van der Waals surface area contributed by atoms with Crippen LogP contribution in [0.25, 0.3) is 0 Å². The van der Waals surface area contributed by atoms with E-state index in [2.05, 4.69) is 5.32 Å². The fourth-order valence-corrected chi connectivity index (χ4v) is 2.55. The molecule has 0 saturated heterocycles. The van der Waals surface area contributed by atoms with E-state index in [4.69, 9.17) is 5.11 Å². The summed E-state index contributed by atoms with van der Waals surface area (Å²) < 4.78 is 0. The molecule has 1 amide bonds. The lowest BCUT2D eigenvalue weighted by atomic mass is 10.1. The van der Waals surface area contributed by atoms with Gasteiger partial charge in [0.15, 0.2) is 0 Å². The number of amides is 1. The number of hydrogen-bond donors (Lipinski definition) is 2. The van der Waals surface area contributed by atoms with E-state index in [0.29, 0.717) is 24.1 Å². The zero-order valence-corrected chi connectivity index (χ0v) is 14.2. The maximum absolute atomic E-state index is 12.0. The molecule has 0 fully saturated rings. The van der Waals surface area contributed by atoms with Gasteiger partial charge in [0.1, 0.15) is 6.29 Å². The van der Waals surface area contributed by atoms with Crippen molar-refractivity contribution < 1.29 is 19.6 Å². The van der Waals surface area contributed by atoms with Crippen molar-refractivity contribution in [1.82, 2.24) is 0 Å². The van der Waals surface area contributed by atoms with Gasteiger partial charge in [-0.05, 0) is 37.0 Å². The smallest absolute Gasteiger partial charge is 0.276 e. The van der Waals surface area contributed by atoms with Crippen molar-refractivity contribution in [2.45, 2.75) is 32.3 Å². The average Bonchev–Trinajstić information content (AvgIpc) is 2.65. The number of nitro groups is 1. The van der Waals surface area contributed by atoms with E-state index >= 15 is 0 Å². The Morgan fingerprint density at radius 1 is 1.15 bits per heavy atom. The number of aliphatic hydroxyl groups is 1. The van der Waals surface area contributed by atoms with E-state index in [1.807, 2.05) is 12.1 Å². The number of carbonyl (C=O) groups is 2. The largest absolute Gasteiger partial charge is 0.391 e. The zero-order valence-electron chi connectivity index (χ0n) is 14.2. The van der Waals surface area contributed by atoms with Crippen LogP contribution in [0.2, 0.25) is 0 Å². The molecule has 0 aromatic heterocycles. The Labute approximate surface area is 150 Å². The third-order valence-electron chi connectivity index (χ3n) is 3.97. The Hall–Kier alpha value is -3.06. The molecular formula is C19H20N2O5. The lowest BCUT2D eigenvalue weighted by molar-refractivity contribution is -0.385. The zero-order chi connectivity index (χ0) is 18.9. The standard InChI is InChI=1S/C19H20N2O5/c22-12-15-7-5-14(6-8-15)3-1-2-4-19(24)20-17-10-9-16(13-23)18(11-17)21(25)26/h5-12,23H,1-4,13H2,(H,20,24). The number of hydrogen-bond acceptors (Lipinski definition) is 5. The Kier molecular flexibility index (Phi) is 6.99. The van der Waals surface area contributed by atoms with Gasteiger partial charge in [-0.25, -0.2) is 0 Å². The highest BCUT2D eigenvalue weighted by Crippen LogP contribution is 2.23. The van der Waals surface area contributed by atoms with Crippen LogP contribution in [0.15, 0.2) is 42.5 Å². The molecule has 0 spiro atoms. The number of aryl methyl sites for hydroxylation is 1. The first-order valence-electron chi connectivity index (χ1n) is 8.25. The summed E-state index contributed by atoms with van der Waals surface area (Å²) in [6.45, 7) is -0.432. The van der Waals surface area contributed by atoms with Crippen molar-refractivity contribution in [1.29, 1.82) is 0 Å². The van der Waals surface area contributed by atoms with E-state index in [-0.39, 0.29) is 17.2 Å². The molecule has 7 heteroatoms. The molecule has 0 atom stereocenters. The van der Waals surface area contributed by atoms with E-state index in [9.17, 15) is 19.7 Å². The van der Waals surface area contributed by atoms with Crippen LogP contribution in [-0.2, 0) is 17.8 Å². The maximum Gasteiger partial charge on any atom is 0.276 e. The van der Waals surface area contributed by atoms with Crippen LogP contribution in [-0.4, -0.2) is 22.2 Å². The van der Waals surface area contributed by atoms with E-state index in [0.717, 1.165) is 24.7 Å². The molecule has 2 rings (SSSR count). The molecule has 7 nitrogen and oxygen atoms in total. The van der Waals surface area contributed by atoms with Gasteiger partial charge in [0.25, 0.3) is 5.69 Å². The molecule has 0 aliphatic carbocycles. The minimum absolute atomic E-state index is 0.202. The number of unbranched alkanes of at least 4 members (excludes halogenated alkanes) is 1. The summed E-state index contributed by atoms with van der Waals surface area (Å²) in [5.74, 6) is -0.215. The van der Waals surface area contributed by atoms with Gasteiger partial charge >= 0.3 is 0 Å². The third kappa shape index (κ3) is 5.49. The second-order valence-corrected chi connectivity index (χ2v) is 5.87. The first-order chi connectivity index (χ1) is 12.5. The van der Waals surface area contributed by atoms with E-state index in [1.165, 1.54) is 18.2 Å². The highest BCUT2D eigenvalue weighted by molar-refractivity contribution is 5.91. The third-order valence-corrected chi connectivity index (χ3v) is 3.97. The van der Waals surface area contributed by atoms with Crippen LogP contribution in [0.3, 0.4) is 0 Å². The molecule has 0 aliphatic rings. The summed E-state index contributed by atoms with van der Waals surface area (Å²) in [5.41, 5.74) is 2.06. The number of carbonyl (C=O) groups excluding carboxylic acids is 2. The van der Waals surface area contributed by atoms with Gasteiger partial charge in [-0.3, -0.25) is 19.7 Å². The molecule has 2 aromatic rings. The summed E-state index contributed by atoms with van der Waals surface area (Å²) in [4.78, 5) is 33.0. The second-order valence-electron chi connectivity index (χ2n) is 5.87. The van der Waals surface area contributed by atoms with Crippen molar-refractivity contribution in [3.05, 3.63) is 69.3 Å². The topological polar surface area (TPSA) is 110 Å². The van der Waals surface area contributed by atoms with Gasteiger partial charge in [-0.1, -0.05) is 24.3 Å². The normalized spacial score (nSPS) is 10.3. The molecule has 26 heavy (non-hydrogen) atoms. The van der Waals surface area contributed by atoms with E-state index < -0.39 is 11.5 Å². The lowest BCUT2D eigenvalue weighted by Gasteiger charge is -2.07. The quantitative estimate of drug-likeness (QED) is 0.310. The Bertz CT molecular complexity index is 787. The molecule has 0 heterocycles. The Morgan fingerprint density at radius 2 is 1.88 bits per heavy atom. The van der Waals surface area contributed by atoms with Crippen molar-refractivity contribution in [2.24, 2.45) is 0 Å².